The van der Waals surface area contributed by atoms with Gasteiger partial charge in [0.25, 0.3) is 0 Å². The molecule has 1 aliphatic rings. The molecule has 0 saturated carbocycles. The molecule has 324 valence electrons. The maximum Gasteiger partial charge on any atom is 0.402 e. The third kappa shape index (κ3) is 6.51. The first-order valence-corrected chi connectivity index (χ1v) is 22.3. The Balaban J connectivity index is 0.961. The highest BCUT2D eigenvalue weighted by Gasteiger charge is 2.58. The lowest BCUT2D eigenvalue weighted by atomic mass is 9.77. The molecule has 4 nitrogen and oxygen atoms in total. The molecule has 7 heteroatoms. The fraction of sp³-hybridized carbons (Fsp3) is 0.153. The molecule has 0 aliphatic heterocycles. The van der Waals surface area contributed by atoms with E-state index in [2.05, 4.69) is 98.1 Å². The Labute approximate surface area is 379 Å². The largest absolute Gasteiger partial charge is 0.463 e. The van der Waals surface area contributed by atoms with Gasteiger partial charge in [0.05, 0.1) is 13.2 Å². The van der Waals surface area contributed by atoms with Gasteiger partial charge in [-0.1, -0.05) is 134 Å². The lowest BCUT2D eigenvalue weighted by molar-refractivity contribution is -0.172. The predicted molar refractivity (Wildman–Crippen MR) is 262 cm³/mol. The zero-order valence-electron chi connectivity index (χ0n) is 36.3. The molecule has 0 atom stereocenters. The SMILES string of the molecule is C=CC(=O)OCCCc1cc2ccc3ccc(-c4ccc5c(c4)C(C)(C(F)(F)F)c4cc(-c6ccc7ccc8cc(CCCOC(=O)C=C)cc9ccc6c7c89)ccc4-5)c4ccc(c1)c2c34. The highest BCUT2D eigenvalue weighted by Crippen LogP contribution is 2.58. The van der Waals surface area contributed by atoms with Crippen LogP contribution >= 0.6 is 0 Å². The van der Waals surface area contributed by atoms with Gasteiger partial charge in [-0.3, -0.25) is 0 Å². The molecular formula is C59H43F3O4. The van der Waals surface area contributed by atoms with Crippen molar-refractivity contribution in [3.8, 4) is 33.4 Å². The van der Waals surface area contributed by atoms with E-state index in [1.165, 1.54) is 19.1 Å². The monoisotopic (exact) mass is 872 g/mol. The van der Waals surface area contributed by atoms with Crippen molar-refractivity contribution in [3.63, 3.8) is 0 Å². The number of hydrogen-bond acceptors (Lipinski definition) is 4. The molecule has 10 aromatic rings. The number of rotatable bonds is 12. The molecule has 0 spiro atoms. The Hall–Kier alpha value is -7.51. The normalized spacial score (nSPS) is 13.3. The van der Waals surface area contributed by atoms with E-state index in [9.17, 15) is 9.59 Å². The predicted octanol–water partition coefficient (Wildman–Crippen LogP) is 15.0. The third-order valence-electron chi connectivity index (χ3n) is 14.0. The number of benzene rings is 10. The Kier molecular flexibility index (Phi) is 9.73. The van der Waals surface area contributed by atoms with Crippen molar-refractivity contribution in [2.24, 2.45) is 0 Å². The van der Waals surface area contributed by atoms with Crippen LogP contribution in [0.15, 0.2) is 159 Å². The smallest absolute Gasteiger partial charge is 0.402 e. The molecule has 0 N–H and O–H groups in total. The summed E-state index contributed by atoms with van der Waals surface area (Å²) >= 11 is 0. The zero-order chi connectivity index (χ0) is 45.5. The van der Waals surface area contributed by atoms with Gasteiger partial charge in [0, 0.05) is 12.2 Å². The van der Waals surface area contributed by atoms with Gasteiger partial charge in [-0.25, -0.2) is 9.59 Å². The van der Waals surface area contributed by atoms with E-state index < -0.39 is 23.5 Å². The Bertz CT molecular complexity index is 3370. The molecule has 66 heavy (non-hydrogen) atoms. The summed E-state index contributed by atoms with van der Waals surface area (Å²) in [6.07, 6.45) is 0.581. The fourth-order valence-electron chi connectivity index (χ4n) is 10.7. The van der Waals surface area contributed by atoms with Crippen LogP contribution in [0.4, 0.5) is 13.2 Å². The highest BCUT2D eigenvalue weighted by atomic mass is 19.4. The third-order valence-corrected chi connectivity index (χ3v) is 14.0. The number of halogens is 3. The van der Waals surface area contributed by atoms with Gasteiger partial charge in [0.2, 0.25) is 0 Å². The fourth-order valence-corrected chi connectivity index (χ4v) is 10.7. The zero-order valence-corrected chi connectivity index (χ0v) is 36.3. The number of aryl methyl sites for hydroxylation is 2. The highest BCUT2D eigenvalue weighted by molar-refractivity contribution is 6.27. The second-order valence-electron chi connectivity index (χ2n) is 17.7. The van der Waals surface area contributed by atoms with E-state index in [-0.39, 0.29) is 11.1 Å². The molecule has 0 unspecified atom stereocenters. The molecule has 0 bridgehead atoms. The summed E-state index contributed by atoms with van der Waals surface area (Å²) in [6.45, 7) is 8.87. The van der Waals surface area contributed by atoms with Crippen LogP contribution < -0.4 is 0 Å². The van der Waals surface area contributed by atoms with E-state index >= 15 is 13.2 Å². The van der Waals surface area contributed by atoms with Crippen molar-refractivity contribution < 1.29 is 32.2 Å². The van der Waals surface area contributed by atoms with Crippen LogP contribution in [0.3, 0.4) is 0 Å². The average molecular weight is 873 g/mol. The van der Waals surface area contributed by atoms with Crippen molar-refractivity contribution >= 4 is 76.6 Å². The van der Waals surface area contributed by atoms with E-state index in [0.717, 1.165) is 111 Å². The second-order valence-corrected chi connectivity index (χ2v) is 17.7. The summed E-state index contributed by atoms with van der Waals surface area (Å²) in [5.41, 5.74) is 4.91. The van der Waals surface area contributed by atoms with Crippen LogP contribution in [0.2, 0.25) is 0 Å². The van der Waals surface area contributed by atoms with Gasteiger partial charge in [-0.05, 0) is 165 Å². The van der Waals surface area contributed by atoms with Gasteiger partial charge in [-0.15, -0.1) is 0 Å². The molecule has 0 heterocycles. The van der Waals surface area contributed by atoms with Crippen molar-refractivity contribution in [2.75, 3.05) is 13.2 Å². The van der Waals surface area contributed by atoms with Crippen LogP contribution in [0.25, 0.3) is 98.0 Å². The summed E-state index contributed by atoms with van der Waals surface area (Å²) in [7, 11) is 0. The van der Waals surface area contributed by atoms with Crippen LogP contribution in [-0.2, 0) is 37.3 Å². The molecule has 0 fully saturated rings. The standard InChI is InChI=1S/C59H43F3O4/c1-4-52(63)65-26-6-8-34-28-40-12-10-36-14-20-44(48-24-18-42(30-34)54(40)56(36)48)38-16-22-46-47-23-17-39(33-51(47)58(3,50(46)32-38)59(60,61)62)45-21-15-37-11-13-41-29-35(9-7-27-66-53(64)5-2)31-43-19-25-49(45)57(37)55(41)43/h4-5,10-25,28-33H,1-2,6-9,26-27H2,3H3. The maximum atomic E-state index is 15.9. The first-order chi connectivity index (χ1) is 31.9. The number of carbonyl (C=O) groups is 2. The lowest BCUT2D eigenvalue weighted by Crippen LogP contribution is -2.38. The first-order valence-electron chi connectivity index (χ1n) is 22.3. The van der Waals surface area contributed by atoms with Crippen molar-refractivity contribution in [1.82, 2.24) is 0 Å². The van der Waals surface area contributed by atoms with Gasteiger partial charge < -0.3 is 9.47 Å². The molecule has 0 saturated heterocycles. The van der Waals surface area contributed by atoms with E-state index in [4.69, 9.17) is 9.47 Å². The molecule has 10 aromatic carbocycles. The van der Waals surface area contributed by atoms with Gasteiger partial charge in [-0.2, -0.15) is 13.2 Å². The summed E-state index contributed by atoms with van der Waals surface area (Å²) in [5.74, 6) is -0.863. The number of fused-ring (bicyclic) bond motifs is 3. The Morgan fingerprint density at radius 1 is 0.500 bits per heavy atom. The molecule has 0 aromatic heterocycles. The molecule has 11 rings (SSSR count). The topological polar surface area (TPSA) is 52.6 Å². The number of hydrogen-bond donors (Lipinski definition) is 0. The maximum absolute atomic E-state index is 15.9. The first kappa shape index (κ1) is 41.2. The van der Waals surface area contributed by atoms with Crippen LogP contribution in [-0.4, -0.2) is 31.3 Å². The summed E-state index contributed by atoms with van der Waals surface area (Å²) < 4.78 is 58.2. The van der Waals surface area contributed by atoms with Crippen LogP contribution in [0, 0.1) is 0 Å². The number of alkyl halides is 3. The van der Waals surface area contributed by atoms with Crippen molar-refractivity contribution in [1.29, 1.82) is 0 Å². The minimum absolute atomic E-state index is 0.249. The summed E-state index contributed by atoms with van der Waals surface area (Å²) in [4.78, 5) is 23.0. The number of esters is 2. The van der Waals surface area contributed by atoms with Crippen molar-refractivity contribution in [2.45, 2.75) is 44.2 Å². The minimum Gasteiger partial charge on any atom is -0.463 e. The molecule has 0 amide bonds. The quantitative estimate of drug-likeness (QED) is 0.0531. The summed E-state index contributed by atoms with van der Waals surface area (Å²) in [6, 6.07) is 44.9. The number of ether oxygens (including phenoxy) is 2. The molecule has 0 radical (unpaired) electrons. The van der Waals surface area contributed by atoms with Gasteiger partial charge in [0.1, 0.15) is 5.41 Å². The molecule has 1 aliphatic carbocycles. The Morgan fingerprint density at radius 2 is 0.864 bits per heavy atom. The minimum atomic E-state index is -4.59. The van der Waals surface area contributed by atoms with Crippen LogP contribution in [0.5, 0.6) is 0 Å². The van der Waals surface area contributed by atoms with Crippen LogP contribution in [0.1, 0.15) is 42.0 Å². The Morgan fingerprint density at radius 3 is 1.26 bits per heavy atom. The number of carbonyl (C=O) groups excluding carboxylic acids is 2. The van der Waals surface area contributed by atoms with E-state index in [1.54, 1.807) is 12.1 Å². The average Bonchev–Trinajstić information content (AvgIpc) is 3.59. The molecular weight excluding hydrogens is 830 g/mol. The van der Waals surface area contributed by atoms with Gasteiger partial charge >= 0.3 is 18.1 Å². The van der Waals surface area contributed by atoms with E-state index in [0.29, 0.717) is 37.2 Å². The van der Waals surface area contributed by atoms with Crippen molar-refractivity contribution in [3.05, 3.63) is 181 Å². The summed E-state index contributed by atoms with van der Waals surface area (Å²) in [5, 5.41) is 12.8. The van der Waals surface area contributed by atoms with E-state index in [1.807, 2.05) is 36.4 Å². The second kappa shape index (κ2) is 15.6. The lowest BCUT2D eigenvalue weighted by Gasteiger charge is -2.30. The van der Waals surface area contributed by atoms with Gasteiger partial charge in [0.15, 0.2) is 0 Å².